The topological polar surface area (TPSA) is 58.4 Å². The van der Waals surface area contributed by atoms with Crippen LogP contribution in [0.5, 0.6) is 0 Å². The Kier molecular flexibility index (Phi) is 7.73. The van der Waals surface area contributed by atoms with Gasteiger partial charge in [-0.05, 0) is 51.3 Å². The fourth-order valence-corrected chi connectivity index (χ4v) is 3.43. The third kappa shape index (κ3) is 5.60. The summed E-state index contributed by atoms with van der Waals surface area (Å²) in [4.78, 5) is 14.9. The second-order valence-corrected chi connectivity index (χ2v) is 7.10. The van der Waals surface area contributed by atoms with Gasteiger partial charge in [0, 0.05) is 18.6 Å². The first kappa shape index (κ1) is 18.9. The number of piperidine rings is 1. The summed E-state index contributed by atoms with van der Waals surface area (Å²) in [6.07, 6.45) is 6.20. The number of likely N-dealkylation sites (tertiary alicyclic amines) is 1. The van der Waals surface area contributed by atoms with E-state index in [1.165, 1.54) is 25.8 Å². The first-order valence-corrected chi connectivity index (χ1v) is 9.42. The number of amides is 1. The molecule has 4 heteroatoms. The van der Waals surface area contributed by atoms with Crippen molar-refractivity contribution in [1.82, 2.24) is 10.2 Å². The van der Waals surface area contributed by atoms with Gasteiger partial charge in [-0.3, -0.25) is 4.79 Å². The van der Waals surface area contributed by atoms with E-state index in [-0.39, 0.29) is 17.9 Å². The number of carbonyl (C=O) groups excluding carboxylic acids is 1. The summed E-state index contributed by atoms with van der Waals surface area (Å²) in [5.41, 5.74) is 7.23. The number of benzene rings is 1. The molecule has 1 amide bonds. The molecule has 0 radical (unpaired) electrons. The summed E-state index contributed by atoms with van der Waals surface area (Å²) in [7, 11) is 0. The summed E-state index contributed by atoms with van der Waals surface area (Å²) in [6, 6.07) is 10.3. The summed E-state index contributed by atoms with van der Waals surface area (Å²) in [5.74, 6) is -0.160. The molecule has 0 spiro atoms. The zero-order chi connectivity index (χ0) is 17.4. The van der Waals surface area contributed by atoms with Crippen LogP contribution < -0.4 is 11.1 Å². The van der Waals surface area contributed by atoms with Crippen LogP contribution in [0.2, 0.25) is 0 Å². The molecular formula is C20H33N3O. The SMILES string of the molecule is CC(C(=O)NCCCCN1CCCCC1C)C(N)c1ccccc1. The predicted molar refractivity (Wildman–Crippen MR) is 99.7 cm³/mol. The maximum Gasteiger partial charge on any atom is 0.224 e. The molecule has 0 aromatic heterocycles. The molecule has 24 heavy (non-hydrogen) atoms. The van der Waals surface area contributed by atoms with Crippen LogP contribution >= 0.6 is 0 Å². The average molecular weight is 332 g/mol. The minimum absolute atomic E-state index is 0.0534. The van der Waals surface area contributed by atoms with Gasteiger partial charge in [-0.2, -0.15) is 0 Å². The summed E-state index contributed by atoms with van der Waals surface area (Å²) < 4.78 is 0. The minimum atomic E-state index is -0.250. The van der Waals surface area contributed by atoms with Gasteiger partial charge >= 0.3 is 0 Å². The van der Waals surface area contributed by atoms with Gasteiger partial charge in [0.1, 0.15) is 0 Å². The Morgan fingerprint density at radius 3 is 2.75 bits per heavy atom. The summed E-state index contributed by atoms with van der Waals surface area (Å²) >= 11 is 0. The molecule has 4 nitrogen and oxygen atoms in total. The van der Waals surface area contributed by atoms with E-state index < -0.39 is 0 Å². The molecule has 2 rings (SSSR count). The van der Waals surface area contributed by atoms with Crippen LogP contribution in [0.25, 0.3) is 0 Å². The largest absolute Gasteiger partial charge is 0.356 e. The predicted octanol–water partition coefficient (Wildman–Crippen LogP) is 3.09. The molecule has 134 valence electrons. The molecule has 1 aliphatic heterocycles. The van der Waals surface area contributed by atoms with Gasteiger partial charge in [-0.1, -0.05) is 43.7 Å². The number of rotatable bonds is 8. The van der Waals surface area contributed by atoms with E-state index in [2.05, 4.69) is 17.1 Å². The standard InChI is InChI=1S/C20H33N3O/c1-16-10-6-8-14-23(16)15-9-7-13-22-20(24)17(2)19(21)18-11-4-3-5-12-18/h3-5,11-12,16-17,19H,6-10,13-15,21H2,1-2H3,(H,22,24). The number of nitrogens with one attached hydrogen (secondary N) is 1. The Morgan fingerprint density at radius 2 is 2.04 bits per heavy atom. The summed E-state index contributed by atoms with van der Waals surface area (Å²) in [5, 5.41) is 3.04. The molecule has 1 fully saturated rings. The van der Waals surface area contributed by atoms with Crippen LogP contribution in [-0.4, -0.2) is 36.5 Å². The first-order valence-electron chi connectivity index (χ1n) is 9.42. The Balaban J connectivity index is 1.64. The molecule has 3 atom stereocenters. The van der Waals surface area contributed by atoms with Gasteiger partial charge in [0.05, 0.1) is 5.92 Å². The lowest BCUT2D eigenvalue weighted by Crippen LogP contribution is -2.38. The molecule has 1 aromatic carbocycles. The lowest BCUT2D eigenvalue weighted by molar-refractivity contribution is -0.125. The normalized spacial score (nSPS) is 21.2. The second-order valence-electron chi connectivity index (χ2n) is 7.10. The molecule has 1 aliphatic rings. The van der Waals surface area contributed by atoms with Gasteiger partial charge < -0.3 is 16.0 Å². The van der Waals surface area contributed by atoms with Gasteiger partial charge in [0.15, 0.2) is 0 Å². The molecule has 1 aromatic rings. The van der Waals surface area contributed by atoms with Gasteiger partial charge in [0.2, 0.25) is 5.91 Å². The van der Waals surface area contributed by atoms with Crippen molar-refractivity contribution in [3.05, 3.63) is 35.9 Å². The van der Waals surface area contributed by atoms with Crippen LogP contribution in [0.1, 0.15) is 57.6 Å². The van der Waals surface area contributed by atoms with E-state index in [4.69, 9.17) is 5.73 Å². The Bertz CT molecular complexity index is 491. The first-order chi connectivity index (χ1) is 11.6. The monoisotopic (exact) mass is 331 g/mol. The lowest BCUT2D eigenvalue weighted by atomic mass is 9.94. The number of nitrogens with zero attached hydrogens (tertiary/aromatic N) is 1. The number of unbranched alkanes of at least 4 members (excludes halogenated alkanes) is 1. The molecule has 0 aliphatic carbocycles. The van der Waals surface area contributed by atoms with Crippen LogP contribution in [0, 0.1) is 5.92 Å². The molecule has 0 bridgehead atoms. The molecule has 0 saturated carbocycles. The number of hydrogen-bond donors (Lipinski definition) is 2. The van der Waals surface area contributed by atoms with E-state index in [0.29, 0.717) is 0 Å². The molecule has 1 saturated heterocycles. The Morgan fingerprint density at radius 1 is 1.29 bits per heavy atom. The van der Waals surface area contributed by atoms with Crippen LogP contribution in [0.3, 0.4) is 0 Å². The molecular weight excluding hydrogens is 298 g/mol. The van der Waals surface area contributed by atoms with Crippen LogP contribution in [0.15, 0.2) is 30.3 Å². The fourth-order valence-electron chi connectivity index (χ4n) is 3.43. The molecule has 3 N–H and O–H groups in total. The van der Waals surface area contributed by atoms with E-state index in [9.17, 15) is 4.79 Å². The van der Waals surface area contributed by atoms with Crippen molar-refractivity contribution >= 4 is 5.91 Å². The molecule has 3 unspecified atom stereocenters. The number of nitrogens with two attached hydrogens (primary N) is 1. The highest BCUT2D eigenvalue weighted by Gasteiger charge is 2.21. The minimum Gasteiger partial charge on any atom is -0.356 e. The highest BCUT2D eigenvalue weighted by Crippen LogP contribution is 2.19. The van der Waals surface area contributed by atoms with Crippen LogP contribution in [-0.2, 0) is 4.79 Å². The van der Waals surface area contributed by atoms with Gasteiger partial charge in [0.25, 0.3) is 0 Å². The Hall–Kier alpha value is -1.39. The van der Waals surface area contributed by atoms with E-state index >= 15 is 0 Å². The highest BCUT2D eigenvalue weighted by molar-refractivity contribution is 5.79. The smallest absolute Gasteiger partial charge is 0.224 e. The van der Waals surface area contributed by atoms with Crippen molar-refractivity contribution in [1.29, 1.82) is 0 Å². The lowest BCUT2D eigenvalue weighted by Gasteiger charge is -2.33. The van der Waals surface area contributed by atoms with Gasteiger partial charge in [-0.25, -0.2) is 0 Å². The van der Waals surface area contributed by atoms with E-state index in [1.54, 1.807) is 0 Å². The van der Waals surface area contributed by atoms with Crippen molar-refractivity contribution in [2.24, 2.45) is 11.7 Å². The fraction of sp³-hybridized carbons (Fsp3) is 0.650. The highest BCUT2D eigenvalue weighted by atomic mass is 16.1. The Labute approximate surface area is 146 Å². The third-order valence-electron chi connectivity index (χ3n) is 5.25. The van der Waals surface area contributed by atoms with E-state index in [0.717, 1.165) is 37.5 Å². The maximum atomic E-state index is 12.3. The second kappa shape index (κ2) is 9.80. The number of hydrogen-bond acceptors (Lipinski definition) is 3. The average Bonchev–Trinajstić information content (AvgIpc) is 2.62. The molecule has 1 heterocycles. The van der Waals surface area contributed by atoms with Crippen molar-refractivity contribution in [2.45, 2.75) is 58.0 Å². The van der Waals surface area contributed by atoms with Gasteiger partial charge in [-0.15, -0.1) is 0 Å². The zero-order valence-corrected chi connectivity index (χ0v) is 15.2. The number of carbonyl (C=O) groups is 1. The van der Waals surface area contributed by atoms with Crippen molar-refractivity contribution in [2.75, 3.05) is 19.6 Å². The quantitative estimate of drug-likeness (QED) is 0.720. The maximum absolute atomic E-state index is 12.3. The van der Waals surface area contributed by atoms with Crippen molar-refractivity contribution in [3.8, 4) is 0 Å². The third-order valence-corrected chi connectivity index (χ3v) is 5.25. The van der Waals surface area contributed by atoms with Crippen molar-refractivity contribution < 1.29 is 4.79 Å². The van der Waals surface area contributed by atoms with E-state index in [1.807, 2.05) is 37.3 Å². The van der Waals surface area contributed by atoms with Crippen molar-refractivity contribution in [3.63, 3.8) is 0 Å². The summed E-state index contributed by atoms with van der Waals surface area (Å²) in [6.45, 7) is 7.36. The van der Waals surface area contributed by atoms with Crippen LogP contribution in [0.4, 0.5) is 0 Å². The zero-order valence-electron chi connectivity index (χ0n) is 15.2.